The molecular weight excluding hydrogens is 151 g/mol. The van der Waals surface area contributed by atoms with E-state index in [-0.39, 0.29) is 5.78 Å². The van der Waals surface area contributed by atoms with Crippen LogP contribution in [-0.4, -0.2) is 18.1 Å². The van der Waals surface area contributed by atoms with Crippen LogP contribution < -0.4 is 0 Å². The molecule has 4 heteroatoms. The van der Waals surface area contributed by atoms with Gasteiger partial charge in [0.1, 0.15) is 0 Å². The number of halogens is 1. The number of hydrogen-bond donors (Lipinski definition) is 0. The van der Waals surface area contributed by atoms with Crippen molar-refractivity contribution in [1.82, 2.24) is 0 Å². The number of rotatable bonds is 1. The van der Waals surface area contributed by atoms with Crippen molar-refractivity contribution in [2.24, 2.45) is 0 Å². The fourth-order valence-electron chi connectivity index (χ4n) is 1.19. The van der Waals surface area contributed by atoms with Crippen molar-refractivity contribution in [1.29, 1.82) is 0 Å². The Balaban J connectivity index is 2.42. The van der Waals surface area contributed by atoms with E-state index in [0.29, 0.717) is 12.8 Å². The first-order chi connectivity index (χ1) is 5.20. The Kier molecular flexibility index (Phi) is 2.57. The Labute approximate surface area is 63.5 Å². The molecule has 1 saturated carbocycles. The Morgan fingerprint density at radius 3 is 2.82 bits per heavy atom. The molecule has 0 N–H and O–H groups in total. The first-order valence-electron chi connectivity index (χ1n) is 3.59. The largest absolute Gasteiger partial charge is 0.496 e. The molecule has 11 heavy (non-hydrogen) atoms. The molecule has 1 fully saturated rings. The van der Waals surface area contributed by atoms with Crippen LogP contribution in [-0.2, 0) is 9.53 Å². The van der Waals surface area contributed by atoms with E-state index in [1.807, 2.05) is 0 Å². The molecule has 1 aliphatic rings. The lowest BCUT2D eigenvalue weighted by molar-refractivity contribution is -0.130. The molecule has 0 bridgehead atoms. The zero-order valence-electron chi connectivity index (χ0n) is 6.01. The second-order valence-corrected chi connectivity index (χ2v) is 2.56. The van der Waals surface area contributed by atoms with Crippen molar-refractivity contribution in [3.8, 4) is 0 Å². The SMILES string of the molecule is O=C(F)OC1CCCCC1=O. The van der Waals surface area contributed by atoms with E-state index >= 15 is 0 Å². The second kappa shape index (κ2) is 3.46. The van der Waals surface area contributed by atoms with Crippen LogP contribution in [0.25, 0.3) is 0 Å². The molecule has 1 atom stereocenters. The van der Waals surface area contributed by atoms with Crippen LogP contribution in [0, 0.1) is 0 Å². The number of carbonyl (C=O) groups excluding carboxylic acids is 2. The molecule has 0 aromatic carbocycles. The van der Waals surface area contributed by atoms with Gasteiger partial charge in [0, 0.05) is 6.42 Å². The minimum absolute atomic E-state index is 0.165. The predicted molar refractivity (Wildman–Crippen MR) is 34.9 cm³/mol. The summed E-state index contributed by atoms with van der Waals surface area (Å²) in [4.78, 5) is 20.7. The number of ketones is 1. The van der Waals surface area contributed by atoms with E-state index in [9.17, 15) is 14.0 Å². The van der Waals surface area contributed by atoms with Gasteiger partial charge < -0.3 is 4.74 Å². The molecular formula is C7H9FO3. The Morgan fingerprint density at radius 2 is 2.27 bits per heavy atom. The van der Waals surface area contributed by atoms with Crippen LogP contribution in [0.15, 0.2) is 0 Å². The fraction of sp³-hybridized carbons (Fsp3) is 0.714. The lowest BCUT2D eigenvalue weighted by Gasteiger charge is -2.18. The molecule has 0 saturated heterocycles. The van der Waals surface area contributed by atoms with Crippen molar-refractivity contribution in [2.45, 2.75) is 31.8 Å². The van der Waals surface area contributed by atoms with Gasteiger partial charge in [-0.25, -0.2) is 4.79 Å². The molecule has 0 spiro atoms. The number of hydrogen-bond acceptors (Lipinski definition) is 3. The minimum atomic E-state index is -1.86. The fourth-order valence-corrected chi connectivity index (χ4v) is 1.19. The van der Waals surface area contributed by atoms with Crippen molar-refractivity contribution in [3.05, 3.63) is 0 Å². The van der Waals surface area contributed by atoms with Gasteiger partial charge >= 0.3 is 6.22 Å². The zero-order chi connectivity index (χ0) is 8.27. The van der Waals surface area contributed by atoms with Crippen LogP contribution >= 0.6 is 0 Å². The summed E-state index contributed by atoms with van der Waals surface area (Å²) in [5, 5.41) is 0. The Bertz CT molecular complexity index is 179. The molecule has 1 aliphatic carbocycles. The van der Waals surface area contributed by atoms with E-state index in [4.69, 9.17) is 0 Å². The van der Waals surface area contributed by atoms with E-state index in [1.165, 1.54) is 0 Å². The third-order valence-electron chi connectivity index (χ3n) is 1.73. The number of ether oxygens (including phenoxy) is 1. The predicted octanol–water partition coefficient (Wildman–Crippen LogP) is 1.60. The molecule has 3 nitrogen and oxygen atoms in total. The quantitative estimate of drug-likeness (QED) is 0.547. The van der Waals surface area contributed by atoms with Gasteiger partial charge in [-0.15, -0.1) is 4.39 Å². The molecule has 0 amide bonds. The average molecular weight is 160 g/mol. The number of carbonyl (C=O) groups is 2. The summed E-state index contributed by atoms with van der Waals surface area (Å²) in [5.41, 5.74) is 0. The van der Waals surface area contributed by atoms with Crippen molar-refractivity contribution < 1.29 is 18.7 Å². The lowest BCUT2D eigenvalue weighted by atomic mass is 9.96. The van der Waals surface area contributed by atoms with Crippen molar-refractivity contribution in [3.63, 3.8) is 0 Å². The van der Waals surface area contributed by atoms with Gasteiger partial charge in [0.2, 0.25) is 0 Å². The highest BCUT2D eigenvalue weighted by molar-refractivity contribution is 5.85. The van der Waals surface area contributed by atoms with Gasteiger partial charge in [0.15, 0.2) is 11.9 Å². The van der Waals surface area contributed by atoms with Crippen LogP contribution in [0.4, 0.5) is 9.18 Å². The molecule has 0 heterocycles. The van der Waals surface area contributed by atoms with E-state index in [2.05, 4.69) is 4.74 Å². The van der Waals surface area contributed by atoms with Gasteiger partial charge in [0.25, 0.3) is 0 Å². The van der Waals surface area contributed by atoms with Crippen LogP contribution in [0.1, 0.15) is 25.7 Å². The summed E-state index contributed by atoms with van der Waals surface area (Å²) < 4.78 is 15.8. The van der Waals surface area contributed by atoms with Gasteiger partial charge in [-0.1, -0.05) is 0 Å². The normalized spacial score (nSPS) is 24.8. The van der Waals surface area contributed by atoms with Gasteiger partial charge in [-0.2, -0.15) is 0 Å². The van der Waals surface area contributed by atoms with Gasteiger partial charge in [-0.05, 0) is 19.3 Å². The maximum Gasteiger partial charge on any atom is 0.496 e. The first-order valence-corrected chi connectivity index (χ1v) is 3.59. The van der Waals surface area contributed by atoms with E-state index < -0.39 is 12.3 Å². The van der Waals surface area contributed by atoms with E-state index in [1.54, 1.807) is 0 Å². The van der Waals surface area contributed by atoms with Crippen molar-refractivity contribution in [2.75, 3.05) is 0 Å². The second-order valence-electron chi connectivity index (χ2n) is 2.56. The summed E-state index contributed by atoms with van der Waals surface area (Å²) >= 11 is 0. The summed E-state index contributed by atoms with van der Waals surface area (Å²) in [5.74, 6) is -0.165. The topological polar surface area (TPSA) is 43.4 Å². The summed E-state index contributed by atoms with van der Waals surface area (Å²) in [6, 6.07) is 0. The highest BCUT2D eigenvalue weighted by atomic mass is 19.1. The van der Waals surface area contributed by atoms with Crippen molar-refractivity contribution >= 4 is 12.0 Å². The standard InChI is InChI=1S/C7H9FO3/c8-7(10)11-6-4-2-1-3-5(6)9/h6H,1-4H2. The molecule has 1 rings (SSSR count). The molecule has 62 valence electrons. The Morgan fingerprint density at radius 1 is 1.55 bits per heavy atom. The zero-order valence-corrected chi connectivity index (χ0v) is 6.01. The molecule has 1 unspecified atom stereocenters. The Hall–Kier alpha value is -0.930. The molecule has 0 aromatic rings. The summed E-state index contributed by atoms with van der Waals surface area (Å²) in [6.45, 7) is 0. The minimum Gasteiger partial charge on any atom is -0.429 e. The molecule has 0 aromatic heterocycles. The third kappa shape index (κ3) is 2.29. The highest BCUT2D eigenvalue weighted by Crippen LogP contribution is 2.17. The maximum atomic E-state index is 11.6. The van der Waals surface area contributed by atoms with Crippen LogP contribution in [0.5, 0.6) is 0 Å². The van der Waals surface area contributed by atoms with E-state index in [0.717, 1.165) is 12.8 Å². The molecule has 0 aliphatic heterocycles. The third-order valence-corrected chi connectivity index (χ3v) is 1.73. The molecule has 0 radical (unpaired) electrons. The highest BCUT2D eigenvalue weighted by Gasteiger charge is 2.25. The van der Waals surface area contributed by atoms with Gasteiger partial charge in [-0.3, -0.25) is 4.79 Å². The summed E-state index contributed by atoms with van der Waals surface area (Å²) in [6.07, 6.45) is -0.165. The maximum absolute atomic E-state index is 11.6. The van der Waals surface area contributed by atoms with Gasteiger partial charge in [0.05, 0.1) is 0 Å². The monoisotopic (exact) mass is 160 g/mol. The lowest BCUT2D eigenvalue weighted by Crippen LogP contribution is -2.28. The first kappa shape index (κ1) is 8.17. The smallest absolute Gasteiger partial charge is 0.429 e. The summed E-state index contributed by atoms with van der Waals surface area (Å²) in [7, 11) is 0. The average Bonchev–Trinajstić information content (AvgIpc) is 1.93. The van der Waals surface area contributed by atoms with Crippen LogP contribution in [0.2, 0.25) is 0 Å². The number of Topliss-reactive ketones (excluding diaryl/α,β-unsaturated/α-hetero) is 1. The van der Waals surface area contributed by atoms with Crippen LogP contribution in [0.3, 0.4) is 0 Å².